The van der Waals surface area contributed by atoms with E-state index in [0.717, 1.165) is 43.2 Å². The van der Waals surface area contributed by atoms with E-state index in [9.17, 15) is 9.59 Å². The Balaban J connectivity index is 1.49. The maximum absolute atomic E-state index is 14.0. The molecule has 202 valence electrons. The summed E-state index contributed by atoms with van der Waals surface area (Å²) in [5, 5.41) is 16.3. The van der Waals surface area contributed by atoms with Crippen LogP contribution in [0.1, 0.15) is 55.7 Å². The number of aryl methyl sites for hydroxylation is 2. The van der Waals surface area contributed by atoms with Gasteiger partial charge in [0.1, 0.15) is 18.1 Å². The molecule has 2 aromatic carbocycles. The molecule has 0 radical (unpaired) electrons. The van der Waals surface area contributed by atoms with Crippen LogP contribution in [-0.2, 0) is 22.6 Å². The Kier molecular flexibility index (Phi) is 8.07. The number of aromatic nitrogens is 4. The minimum atomic E-state index is -1.00. The van der Waals surface area contributed by atoms with Crippen molar-refractivity contribution >= 4 is 29.1 Å². The van der Waals surface area contributed by atoms with Gasteiger partial charge in [0.2, 0.25) is 5.82 Å². The summed E-state index contributed by atoms with van der Waals surface area (Å²) in [5.74, 6) is 0.764. The van der Waals surface area contributed by atoms with E-state index in [2.05, 4.69) is 27.7 Å². The fraction of sp³-hybridized carbons (Fsp3) is 0.345. The Bertz CT molecular complexity index is 1420. The van der Waals surface area contributed by atoms with E-state index in [1.54, 1.807) is 36.4 Å². The summed E-state index contributed by atoms with van der Waals surface area (Å²) in [4.78, 5) is 30.5. The van der Waals surface area contributed by atoms with Crippen LogP contribution in [0.25, 0.3) is 11.4 Å². The van der Waals surface area contributed by atoms with E-state index in [0.29, 0.717) is 28.1 Å². The highest BCUT2D eigenvalue weighted by molar-refractivity contribution is 6.30. The van der Waals surface area contributed by atoms with Crippen molar-refractivity contribution in [3.63, 3.8) is 0 Å². The second-order valence-corrected chi connectivity index (χ2v) is 10.2. The zero-order chi connectivity index (χ0) is 27.4. The number of anilines is 1. The number of benzene rings is 2. The van der Waals surface area contributed by atoms with Crippen LogP contribution < -0.4 is 10.2 Å². The third kappa shape index (κ3) is 6.20. The standard InChI is InChI=1S/C29H31ClN6O3/c1-3-20-9-15-24(16-10-20)36(26(37)18-35-33-28(32-34-35)21-11-13-22(30)14-12-21)27(25-17-8-19(2)39-25)29(38)31-23-6-4-5-7-23/h8-17,23,27H,3-7,18H2,1-2H3,(H,31,38)/t27-/m0/s1. The molecule has 5 rings (SSSR count). The first-order chi connectivity index (χ1) is 18.9. The molecule has 4 aromatic rings. The van der Waals surface area contributed by atoms with E-state index in [1.165, 1.54) is 9.70 Å². The molecular formula is C29H31ClN6O3. The van der Waals surface area contributed by atoms with Crippen LogP contribution in [0.3, 0.4) is 0 Å². The van der Waals surface area contributed by atoms with Crippen LogP contribution in [-0.4, -0.2) is 38.1 Å². The quantitative estimate of drug-likeness (QED) is 0.306. The van der Waals surface area contributed by atoms with Gasteiger partial charge in [0, 0.05) is 22.3 Å². The smallest absolute Gasteiger partial charge is 0.251 e. The van der Waals surface area contributed by atoms with Crippen molar-refractivity contribution in [2.24, 2.45) is 0 Å². The third-order valence-electron chi connectivity index (χ3n) is 6.96. The van der Waals surface area contributed by atoms with E-state index in [4.69, 9.17) is 16.0 Å². The van der Waals surface area contributed by atoms with Gasteiger partial charge in [-0.05, 0) is 85.5 Å². The predicted molar refractivity (Wildman–Crippen MR) is 148 cm³/mol. The van der Waals surface area contributed by atoms with Gasteiger partial charge < -0.3 is 9.73 Å². The molecule has 0 spiro atoms. The van der Waals surface area contributed by atoms with Crippen molar-refractivity contribution in [1.82, 2.24) is 25.5 Å². The normalized spacial score (nSPS) is 14.3. The molecular weight excluding hydrogens is 516 g/mol. The van der Waals surface area contributed by atoms with Crippen molar-refractivity contribution in [1.29, 1.82) is 0 Å². The first-order valence-corrected chi connectivity index (χ1v) is 13.6. The van der Waals surface area contributed by atoms with E-state index in [1.807, 2.05) is 31.2 Å². The lowest BCUT2D eigenvalue weighted by Gasteiger charge is -2.30. The predicted octanol–water partition coefficient (Wildman–Crippen LogP) is 5.29. The van der Waals surface area contributed by atoms with Crippen molar-refractivity contribution in [2.45, 2.75) is 64.6 Å². The summed E-state index contributed by atoms with van der Waals surface area (Å²) in [6, 6.07) is 17.3. The first-order valence-electron chi connectivity index (χ1n) is 13.2. The molecule has 1 saturated carbocycles. The topological polar surface area (TPSA) is 106 Å². The lowest BCUT2D eigenvalue weighted by atomic mass is 10.1. The largest absolute Gasteiger partial charge is 0.464 e. The zero-order valence-corrected chi connectivity index (χ0v) is 22.8. The van der Waals surface area contributed by atoms with Gasteiger partial charge in [-0.2, -0.15) is 4.80 Å². The summed E-state index contributed by atoms with van der Waals surface area (Å²) >= 11 is 5.99. The van der Waals surface area contributed by atoms with Gasteiger partial charge in [-0.15, -0.1) is 10.2 Å². The fourth-order valence-electron chi connectivity index (χ4n) is 4.88. The van der Waals surface area contributed by atoms with Gasteiger partial charge in [-0.3, -0.25) is 14.5 Å². The van der Waals surface area contributed by atoms with Crippen LogP contribution in [0.2, 0.25) is 5.02 Å². The molecule has 2 heterocycles. The van der Waals surface area contributed by atoms with Crippen molar-refractivity contribution in [2.75, 3.05) is 4.90 Å². The minimum absolute atomic E-state index is 0.0781. The zero-order valence-electron chi connectivity index (χ0n) is 22.0. The lowest BCUT2D eigenvalue weighted by Crippen LogP contribution is -2.47. The van der Waals surface area contributed by atoms with Gasteiger partial charge in [0.25, 0.3) is 11.8 Å². The van der Waals surface area contributed by atoms with E-state index in [-0.39, 0.29) is 24.4 Å². The number of amides is 2. The number of carbonyl (C=O) groups excluding carboxylic acids is 2. The molecule has 0 saturated heterocycles. The number of hydrogen-bond donors (Lipinski definition) is 1. The molecule has 2 aromatic heterocycles. The highest BCUT2D eigenvalue weighted by Crippen LogP contribution is 2.31. The van der Waals surface area contributed by atoms with Crippen LogP contribution in [0.15, 0.2) is 65.1 Å². The number of tetrazole rings is 1. The number of nitrogens with one attached hydrogen (secondary N) is 1. The van der Waals surface area contributed by atoms with Gasteiger partial charge in [0.15, 0.2) is 6.04 Å². The molecule has 39 heavy (non-hydrogen) atoms. The van der Waals surface area contributed by atoms with Crippen LogP contribution in [0, 0.1) is 6.92 Å². The Morgan fingerprint density at radius 2 is 1.79 bits per heavy atom. The Morgan fingerprint density at radius 1 is 1.08 bits per heavy atom. The van der Waals surface area contributed by atoms with Crippen LogP contribution in [0.5, 0.6) is 0 Å². The number of furan rings is 1. The lowest BCUT2D eigenvalue weighted by molar-refractivity contribution is -0.128. The summed E-state index contributed by atoms with van der Waals surface area (Å²) in [7, 11) is 0. The second-order valence-electron chi connectivity index (χ2n) is 9.78. The molecule has 0 unspecified atom stereocenters. The highest BCUT2D eigenvalue weighted by Gasteiger charge is 2.36. The summed E-state index contributed by atoms with van der Waals surface area (Å²) in [6.07, 6.45) is 4.85. The number of nitrogens with zero attached hydrogens (tertiary/aromatic N) is 5. The molecule has 1 aliphatic rings. The Morgan fingerprint density at radius 3 is 2.44 bits per heavy atom. The maximum atomic E-state index is 14.0. The molecule has 10 heteroatoms. The average Bonchev–Trinajstić information content (AvgIpc) is 3.71. The third-order valence-corrected chi connectivity index (χ3v) is 7.21. The molecule has 1 N–H and O–H groups in total. The summed E-state index contributed by atoms with van der Waals surface area (Å²) in [5.41, 5.74) is 2.43. The van der Waals surface area contributed by atoms with E-state index >= 15 is 0 Å². The van der Waals surface area contributed by atoms with E-state index < -0.39 is 6.04 Å². The summed E-state index contributed by atoms with van der Waals surface area (Å²) in [6.45, 7) is 3.66. The van der Waals surface area contributed by atoms with Gasteiger partial charge in [-0.25, -0.2) is 0 Å². The molecule has 0 bridgehead atoms. The van der Waals surface area contributed by atoms with Crippen LogP contribution >= 0.6 is 11.6 Å². The summed E-state index contributed by atoms with van der Waals surface area (Å²) < 4.78 is 5.93. The molecule has 1 aliphatic carbocycles. The van der Waals surface area contributed by atoms with Gasteiger partial charge in [0.05, 0.1) is 0 Å². The SMILES string of the molecule is CCc1ccc(N(C(=O)Cn2nnc(-c3ccc(Cl)cc3)n2)[C@H](C(=O)NC2CCCC2)c2ccc(C)o2)cc1. The van der Waals surface area contributed by atoms with Gasteiger partial charge >= 0.3 is 0 Å². The Hall–Kier alpha value is -3.98. The van der Waals surface area contributed by atoms with Crippen LogP contribution in [0.4, 0.5) is 5.69 Å². The average molecular weight is 547 g/mol. The van der Waals surface area contributed by atoms with Crippen molar-refractivity contribution in [3.05, 3.63) is 82.8 Å². The molecule has 0 aliphatic heterocycles. The highest BCUT2D eigenvalue weighted by atomic mass is 35.5. The molecule has 1 fully saturated rings. The number of halogens is 1. The molecule has 2 amide bonds. The monoisotopic (exact) mass is 546 g/mol. The van der Waals surface area contributed by atoms with Gasteiger partial charge in [-0.1, -0.05) is 43.5 Å². The number of rotatable bonds is 9. The molecule has 1 atom stereocenters. The van der Waals surface area contributed by atoms with Crippen molar-refractivity contribution < 1.29 is 14.0 Å². The fourth-order valence-corrected chi connectivity index (χ4v) is 5.00. The first kappa shape index (κ1) is 26.6. The number of carbonyl (C=O) groups is 2. The maximum Gasteiger partial charge on any atom is 0.251 e. The minimum Gasteiger partial charge on any atom is -0.464 e. The Labute approximate surface area is 232 Å². The second kappa shape index (κ2) is 11.8. The van der Waals surface area contributed by atoms with Crippen molar-refractivity contribution in [3.8, 4) is 11.4 Å². The molecule has 9 nitrogen and oxygen atoms in total. The number of hydrogen-bond acceptors (Lipinski definition) is 6.